The first-order valence-corrected chi connectivity index (χ1v) is 6.92. The van der Waals surface area contributed by atoms with Crippen LogP contribution < -0.4 is 9.64 Å². The Morgan fingerprint density at radius 3 is 2.43 bits per heavy atom. The van der Waals surface area contributed by atoms with Crippen LogP contribution in [0.1, 0.15) is 11.1 Å². The maximum Gasteiger partial charge on any atom is 0.417 e. The lowest BCUT2D eigenvalue weighted by molar-refractivity contribution is -0.137. The zero-order valence-corrected chi connectivity index (χ0v) is 12.5. The van der Waals surface area contributed by atoms with Gasteiger partial charge < -0.3 is 9.64 Å². The summed E-state index contributed by atoms with van der Waals surface area (Å²) in [5.41, 5.74) is -0.920. The van der Waals surface area contributed by atoms with E-state index >= 15 is 0 Å². The third-order valence-electron chi connectivity index (χ3n) is 3.31. The summed E-state index contributed by atoms with van der Waals surface area (Å²) in [5.74, 6) is 0.705. The molecule has 0 N–H and O–H groups in total. The standard InChI is InChI=1S/C17H15F3N2O/c1-22(9-10-23-15-5-3-2-4-6-15)14-8-7-13(12-21)16(11-14)17(18,19)20/h2-8,11H,9-10H2,1H3. The van der Waals surface area contributed by atoms with Gasteiger partial charge in [-0.25, -0.2) is 0 Å². The fourth-order valence-electron chi connectivity index (χ4n) is 2.05. The lowest BCUT2D eigenvalue weighted by Gasteiger charge is -2.21. The van der Waals surface area contributed by atoms with Gasteiger partial charge in [0, 0.05) is 12.7 Å². The Bertz CT molecular complexity index is 693. The van der Waals surface area contributed by atoms with Crippen molar-refractivity contribution in [1.29, 1.82) is 5.26 Å². The topological polar surface area (TPSA) is 36.3 Å². The predicted octanol–water partition coefficient (Wildman–Crippen LogP) is 4.09. The van der Waals surface area contributed by atoms with Gasteiger partial charge in [-0.1, -0.05) is 18.2 Å². The molecule has 0 heterocycles. The van der Waals surface area contributed by atoms with Crippen molar-refractivity contribution in [2.75, 3.05) is 25.1 Å². The molecule has 0 amide bonds. The molecule has 0 saturated carbocycles. The van der Waals surface area contributed by atoms with Gasteiger partial charge in [-0.15, -0.1) is 0 Å². The third-order valence-corrected chi connectivity index (χ3v) is 3.31. The number of rotatable bonds is 5. The van der Waals surface area contributed by atoms with Crippen molar-refractivity contribution >= 4 is 5.69 Å². The molecule has 0 radical (unpaired) electrons. The zero-order valence-electron chi connectivity index (χ0n) is 12.5. The van der Waals surface area contributed by atoms with Crippen molar-refractivity contribution in [3.63, 3.8) is 0 Å². The molecule has 0 aromatic heterocycles. The maximum absolute atomic E-state index is 13.0. The van der Waals surface area contributed by atoms with Gasteiger partial charge in [0.15, 0.2) is 0 Å². The Morgan fingerprint density at radius 2 is 1.83 bits per heavy atom. The highest BCUT2D eigenvalue weighted by molar-refractivity contribution is 5.54. The van der Waals surface area contributed by atoms with Crippen molar-refractivity contribution in [3.05, 3.63) is 59.7 Å². The van der Waals surface area contributed by atoms with Gasteiger partial charge in [0.2, 0.25) is 0 Å². The molecule has 2 aromatic carbocycles. The second-order valence-electron chi connectivity index (χ2n) is 4.92. The summed E-state index contributed by atoms with van der Waals surface area (Å²) >= 11 is 0. The summed E-state index contributed by atoms with van der Waals surface area (Å²) in [7, 11) is 1.68. The molecule has 2 rings (SSSR count). The molecule has 0 fully saturated rings. The van der Waals surface area contributed by atoms with Crippen LogP contribution in [0.25, 0.3) is 0 Å². The van der Waals surface area contributed by atoms with Crippen LogP contribution in [0.2, 0.25) is 0 Å². The number of alkyl halides is 3. The van der Waals surface area contributed by atoms with E-state index in [4.69, 9.17) is 10.00 Å². The molecule has 0 saturated heterocycles. The first-order valence-electron chi connectivity index (χ1n) is 6.92. The van der Waals surface area contributed by atoms with Crippen molar-refractivity contribution in [2.24, 2.45) is 0 Å². The first-order chi connectivity index (χ1) is 10.9. The van der Waals surface area contributed by atoms with Crippen LogP contribution >= 0.6 is 0 Å². The molecular weight excluding hydrogens is 305 g/mol. The SMILES string of the molecule is CN(CCOc1ccccc1)c1ccc(C#N)c(C(F)(F)F)c1. The van der Waals surface area contributed by atoms with Crippen molar-refractivity contribution in [2.45, 2.75) is 6.18 Å². The van der Waals surface area contributed by atoms with E-state index in [1.165, 1.54) is 12.1 Å². The van der Waals surface area contributed by atoms with Gasteiger partial charge in [-0.05, 0) is 30.3 Å². The van der Waals surface area contributed by atoms with Gasteiger partial charge in [-0.2, -0.15) is 18.4 Å². The average molecular weight is 320 g/mol. The van der Waals surface area contributed by atoms with Gasteiger partial charge in [-0.3, -0.25) is 0 Å². The third kappa shape index (κ3) is 4.39. The van der Waals surface area contributed by atoms with Gasteiger partial charge in [0.25, 0.3) is 0 Å². The Hall–Kier alpha value is -2.68. The number of hydrogen-bond donors (Lipinski definition) is 0. The summed E-state index contributed by atoms with van der Waals surface area (Å²) in [6, 6.07) is 14.4. The number of likely N-dealkylation sites (N-methyl/N-ethyl adjacent to an activating group) is 1. The van der Waals surface area contributed by atoms with E-state index in [0.29, 0.717) is 24.6 Å². The highest BCUT2D eigenvalue weighted by atomic mass is 19.4. The molecule has 0 unspecified atom stereocenters. The number of ether oxygens (including phenoxy) is 1. The van der Waals surface area contributed by atoms with Crippen molar-refractivity contribution in [1.82, 2.24) is 0 Å². The van der Waals surface area contributed by atoms with Crippen LogP contribution in [-0.4, -0.2) is 20.2 Å². The van der Waals surface area contributed by atoms with E-state index in [9.17, 15) is 13.2 Å². The minimum Gasteiger partial charge on any atom is -0.492 e. The van der Waals surface area contributed by atoms with E-state index < -0.39 is 11.7 Å². The minimum atomic E-state index is -4.55. The van der Waals surface area contributed by atoms with Crippen LogP contribution in [0.3, 0.4) is 0 Å². The van der Waals surface area contributed by atoms with Gasteiger partial charge >= 0.3 is 6.18 Å². The number of benzene rings is 2. The Balaban J connectivity index is 2.05. The van der Waals surface area contributed by atoms with E-state index in [-0.39, 0.29) is 5.56 Å². The smallest absolute Gasteiger partial charge is 0.417 e. The lowest BCUT2D eigenvalue weighted by atomic mass is 10.1. The van der Waals surface area contributed by atoms with E-state index in [1.807, 2.05) is 30.3 Å². The van der Waals surface area contributed by atoms with Crippen LogP contribution in [0, 0.1) is 11.3 Å². The van der Waals surface area contributed by atoms with Crippen LogP contribution in [-0.2, 0) is 6.18 Å². The summed E-state index contributed by atoms with van der Waals surface area (Å²) in [5, 5.41) is 8.80. The summed E-state index contributed by atoms with van der Waals surface area (Å²) in [4.78, 5) is 1.65. The average Bonchev–Trinajstić information content (AvgIpc) is 2.54. The largest absolute Gasteiger partial charge is 0.492 e. The maximum atomic E-state index is 13.0. The highest BCUT2D eigenvalue weighted by Gasteiger charge is 2.34. The van der Waals surface area contributed by atoms with Crippen LogP contribution in [0.5, 0.6) is 5.75 Å². The van der Waals surface area contributed by atoms with Crippen LogP contribution in [0.15, 0.2) is 48.5 Å². The molecule has 23 heavy (non-hydrogen) atoms. The highest BCUT2D eigenvalue weighted by Crippen LogP contribution is 2.34. The Kier molecular flexibility index (Phi) is 5.12. The molecule has 6 heteroatoms. The molecule has 2 aromatic rings. The van der Waals surface area contributed by atoms with E-state index in [2.05, 4.69) is 0 Å². The number of nitrogens with zero attached hydrogens (tertiary/aromatic N) is 2. The first kappa shape index (κ1) is 16.7. The summed E-state index contributed by atoms with van der Waals surface area (Å²) < 4.78 is 44.4. The number of nitriles is 1. The summed E-state index contributed by atoms with van der Waals surface area (Å²) in [6.45, 7) is 0.750. The molecule has 0 bridgehead atoms. The van der Waals surface area contributed by atoms with Crippen molar-refractivity contribution < 1.29 is 17.9 Å². The molecule has 0 atom stereocenters. The molecule has 0 aliphatic heterocycles. The van der Waals surface area contributed by atoms with Crippen molar-refractivity contribution in [3.8, 4) is 11.8 Å². The quantitative estimate of drug-likeness (QED) is 0.832. The number of hydrogen-bond acceptors (Lipinski definition) is 3. The lowest BCUT2D eigenvalue weighted by Crippen LogP contribution is -2.24. The zero-order chi connectivity index (χ0) is 16.9. The monoisotopic (exact) mass is 320 g/mol. The normalized spacial score (nSPS) is 10.9. The second kappa shape index (κ2) is 7.05. The van der Waals surface area contributed by atoms with Gasteiger partial charge in [0.1, 0.15) is 12.4 Å². The van der Waals surface area contributed by atoms with E-state index in [0.717, 1.165) is 6.07 Å². The molecule has 0 spiro atoms. The number of halogens is 3. The van der Waals surface area contributed by atoms with Crippen LogP contribution in [0.4, 0.5) is 18.9 Å². The molecule has 0 aliphatic rings. The summed E-state index contributed by atoms with van der Waals surface area (Å²) in [6.07, 6.45) is -4.55. The molecule has 3 nitrogen and oxygen atoms in total. The fraction of sp³-hybridized carbons (Fsp3) is 0.235. The fourth-order valence-corrected chi connectivity index (χ4v) is 2.05. The molecular formula is C17H15F3N2O. The van der Waals surface area contributed by atoms with E-state index in [1.54, 1.807) is 18.0 Å². The molecule has 120 valence electrons. The number of para-hydroxylation sites is 1. The minimum absolute atomic E-state index is 0.335. The Labute approximate surface area is 132 Å². The number of anilines is 1. The predicted molar refractivity (Wildman–Crippen MR) is 81.4 cm³/mol. The molecule has 0 aliphatic carbocycles. The van der Waals surface area contributed by atoms with Gasteiger partial charge in [0.05, 0.1) is 23.7 Å². The Morgan fingerprint density at radius 1 is 1.13 bits per heavy atom. The second-order valence-corrected chi connectivity index (χ2v) is 4.92.